The number of rotatable bonds is 5. The van der Waals surface area contributed by atoms with Crippen LogP contribution in [0.3, 0.4) is 0 Å². The lowest BCUT2D eigenvalue weighted by Gasteiger charge is -2.11. The zero-order valence-corrected chi connectivity index (χ0v) is 15.8. The van der Waals surface area contributed by atoms with Crippen molar-refractivity contribution in [1.29, 1.82) is 0 Å². The van der Waals surface area contributed by atoms with Crippen molar-refractivity contribution in [3.63, 3.8) is 0 Å². The maximum atomic E-state index is 12.7. The fraction of sp³-hybridized carbons (Fsp3) is 0.136. The maximum absolute atomic E-state index is 12.7. The Morgan fingerprint density at radius 3 is 2.52 bits per heavy atom. The fourth-order valence-corrected chi connectivity index (χ4v) is 3.12. The Morgan fingerprint density at radius 2 is 1.83 bits per heavy atom. The van der Waals surface area contributed by atoms with Gasteiger partial charge in [-0.05, 0) is 24.6 Å². The molecule has 2 aromatic carbocycles. The minimum absolute atomic E-state index is 0.317. The number of aryl methyl sites for hydroxylation is 1. The number of nitrogens with zero attached hydrogens (tertiary/aromatic N) is 3. The largest absolute Gasteiger partial charge is 0.393 e. The van der Waals surface area contributed by atoms with E-state index in [0.29, 0.717) is 22.6 Å². The third-order valence-electron chi connectivity index (χ3n) is 4.59. The average molecular weight is 388 g/mol. The van der Waals surface area contributed by atoms with E-state index in [1.807, 2.05) is 43.3 Å². The summed E-state index contributed by atoms with van der Waals surface area (Å²) in [6, 6.07) is 19.8. The minimum atomic E-state index is -0.963. The van der Waals surface area contributed by atoms with Gasteiger partial charge >= 0.3 is 0 Å². The molecule has 0 saturated carbocycles. The first-order valence-electron chi connectivity index (χ1n) is 9.18. The van der Waals surface area contributed by atoms with Gasteiger partial charge in [0.1, 0.15) is 11.9 Å². The van der Waals surface area contributed by atoms with Gasteiger partial charge in [-0.25, -0.2) is 9.50 Å². The molecule has 0 aliphatic carbocycles. The number of carbonyl (C=O) groups excluding carboxylic acids is 1. The monoisotopic (exact) mass is 388 g/mol. The highest BCUT2D eigenvalue weighted by Gasteiger charge is 2.14. The summed E-state index contributed by atoms with van der Waals surface area (Å²) in [7, 11) is 0. The molecule has 2 heterocycles. The van der Waals surface area contributed by atoms with Crippen LogP contribution in [0.4, 0.5) is 5.82 Å². The minimum Gasteiger partial charge on any atom is -0.393 e. The summed E-state index contributed by atoms with van der Waals surface area (Å²) in [6.07, 6.45) is -0.963. The van der Waals surface area contributed by atoms with Crippen LogP contribution >= 0.6 is 0 Å². The van der Waals surface area contributed by atoms with E-state index in [1.165, 1.54) is 0 Å². The van der Waals surface area contributed by atoms with Gasteiger partial charge in [0, 0.05) is 23.3 Å². The second-order valence-corrected chi connectivity index (χ2v) is 6.72. The third kappa shape index (κ3) is 3.87. The number of hydrogen-bond donors (Lipinski definition) is 3. The first-order valence-corrected chi connectivity index (χ1v) is 9.18. The Bertz CT molecular complexity index is 1150. The normalized spacial score (nSPS) is 12.1. The van der Waals surface area contributed by atoms with Crippen molar-refractivity contribution < 1.29 is 15.0 Å². The molecule has 0 unspecified atom stereocenters. The molecule has 3 N–H and O–H groups in total. The van der Waals surface area contributed by atoms with Gasteiger partial charge in [-0.2, -0.15) is 5.10 Å². The summed E-state index contributed by atoms with van der Waals surface area (Å²) in [5, 5.41) is 26.0. The Kier molecular flexibility index (Phi) is 5.07. The van der Waals surface area contributed by atoms with E-state index >= 15 is 0 Å². The predicted molar refractivity (Wildman–Crippen MR) is 110 cm³/mol. The zero-order valence-electron chi connectivity index (χ0n) is 15.8. The number of fused-ring (bicyclic) bond motifs is 1. The van der Waals surface area contributed by atoms with Gasteiger partial charge in [-0.15, -0.1) is 0 Å². The number of anilines is 1. The SMILES string of the molecule is Cc1cc2nc(NC(=O)c3ccc([C@H](O)CO)cc3)cc(-c3ccccc3)n2n1. The molecule has 1 atom stereocenters. The summed E-state index contributed by atoms with van der Waals surface area (Å²) in [5.74, 6) is 0.0999. The number of amides is 1. The molecule has 0 saturated heterocycles. The highest BCUT2D eigenvalue weighted by atomic mass is 16.3. The first kappa shape index (κ1) is 18.8. The highest BCUT2D eigenvalue weighted by Crippen LogP contribution is 2.24. The van der Waals surface area contributed by atoms with E-state index in [0.717, 1.165) is 17.0 Å². The van der Waals surface area contributed by atoms with E-state index in [1.54, 1.807) is 34.8 Å². The van der Waals surface area contributed by atoms with Crippen molar-refractivity contribution in [2.75, 3.05) is 11.9 Å². The number of nitrogens with one attached hydrogen (secondary N) is 1. The molecule has 0 spiro atoms. The smallest absolute Gasteiger partial charge is 0.256 e. The Labute approximate surface area is 167 Å². The molecule has 2 aromatic heterocycles. The van der Waals surface area contributed by atoms with Gasteiger partial charge in [-0.3, -0.25) is 4.79 Å². The predicted octanol–water partition coefficient (Wildman–Crippen LogP) is 2.98. The van der Waals surface area contributed by atoms with E-state index in [9.17, 15) is 9.90 Å². The van der Waals surface area contributed by atoms with Crippen LogP contribution in [0.1, 0.15) is 27.7 Å². The van der Waals surface area contributed by atoms with Crippen molar-refractivity contribution in [1.82, 2.24) is 14.6 Å². The second kappa shape index (κ2) is 7.83. The molecular formula is C22H20N4O3. The van der Waals surface area contributed by atoms with E-state index in [2.05, 4.69) is 15.4 Å². The molecular weight excluding hydrogens is 368 g/mol. The summed E-state index contributed by atoms with van der Waals surface area (Å²) in [6.45, 7) is 1.52. The zero-order chi connectivity index (χ0) is 20.4. The molecule has 0 aliphatic heterocycles. The first-order chi connectivity index (χ1) is 14.0. The number of benzene rings is 2. The number of hydrogen-bond acceptors (Lipinski definition) is 5. The quantitative estimate of drug-likeness (QED) is 0.488. The molecule has 1 amide bonds. The van der Waals surface area contributed by atoms with Crippen molar-refractivity contribution in [3.8, 4) is 11.3 Å². The van der Waals surface area contributed by atoms with Gasteiger partial charge in [0.25, 0.3) is 5.91 Å². The molecule has 0 fully saturated rings. The average Bonchev–Trinajstić information content (AvgIpc) is 3.13. The van der Waals surface area contributed by atoms with Crippen molar-refractivity contribution in [3.05, 3.63) is 83.6 Å². The van der Waals surface area contributed by atoms with E-state index < -0.39 is 6.10 Å². The van der Waals surface area contributed by atoms with Crippen LogP contribution in [-0.2, 0) is 0 Å². The molecule has 29 heavy (non-hydrogen) atoms. The van der Waals surface area contributed by atoms with Crippen LogP contribution < -0.4 is 5.32 Å². The molecule has 7 nitrogen and oxygen atoms in total. The van der Waals surface area contributed by atoms with Gasteiger partial charge in [0.05, 0.1) is 18.0 Å². The molecule has 7 heteroatoms. The van der Waals surface area contributed by atoms with Crippen molar-refractivity contribution in [2.45, 2.75) is 13.0 Å². The molecule has 4 rings (SSSR count). The van der Waals surface area contributed by atoms with Gasteiger partial charge in [-0.1, -0.05) is 42.5 Å². The third-order valence-corrected chi connectivity index (χ3v) is 4.59. The van der Waals surface area contributed by atoms with Gasteiger partial charge in [0.2, 0.25) is 0 Å². The highest BCUT2D eigenvalue weighted by molar-refractivity contribution is 6.04. The second-order valence-electron chi connectivity index (χ2n) is 6.72. The molecule has 0 radical (unpaired) electrons. The molecule has 4 aromatic rings. The molecule has 0 bridgehead atoms. The van der Waals surface area contributed by atoms with Gasteiger partial charge < -0.3 is 15.5 Å². The number of aliphatic hydroxyl groups excluding tert-OH is 2. The Balaban J connectivity index is 1.66. The van der Waals surface area contributed by atoms with E-state index in [4.69, 9.17) is 5.11 Å². The number of aliphatic hydroxyl groups is 2. The molecule has 0 aliphatic rings. The van der Waals surface area contributed by atoms with Crippen molar-refractivity contribution in [2.24, 2.45) is 0 Å². The summed E-state index contributed by atoms with van der Waals surface area (Å²) in [4.78, 5) is 17.2. The fourth-order valence-electron chi connectivity index (χ4n) is 3.12. The van der Waals surface area contributed by atoms with Crippen LogP contribution in [0.15, 0.2) is 66.7 Å². The summed E-state index contributed by atoms with van der Waals surface area (Å²) in [5.41, 5.74) is 4.22. The lowest BCUT2D eigenvalue weighted by Crippen LogP contribution is -2.14. The number of aromatic nitrogens is 3. The topological polar surface area (TPSA) is 99.8 Å². The number of carbonyl (C=O) groups is 1. The standard InChI is InChI=1S/C22H20N4O3/c1-14-11-21-23-20(12-18(26(21)25-14)15-5-3-2-4-6-15)24-22(29)17-9-7-16(8-10-17)19(28)13-27/h2-12,19,27-28H,13H2,1H3,(H,23,24,29)/t19-/m1/s1. The van der Waals surface area contributed by atoms with Crippen LogP contribution in [0.2, 0.25) is 0 Å². The van der Waals surface area contributed by atoms with Crippen molar-refractivity contribution >= 4 is 17.4 Å². The summed E-state index contributed by atoms with van der Waals surface area (Å²) < 4.78 is 1.76. The lowest BCUT2D eigenvalue weighted by molar-refractivity contribution is 0.0954. The lowest BCUT2D eigenvalue weighted by atomic mass is 10.1. The maximum Gasteiger partial charge on any atom is 0.256 e. The Morgan fingerprint density at radius 1 is 1.10 bits per heavy atom. The molecule has 146 valence electrons. The Hall–Kier alpha value is -3.55. The van der Waals surface area contributed by atoms with Crippen LogP contribution in [0, 0.1) is 6.92 Å². The van der Waals surface area contributed by atoms with E-state index in [-0.39, 0.29) is 12.5 Å². The van der Waals surface area contributed by atoms with Crippen LogP contribution in [0.5, 0.6) is 0 Å². The van der Waals surface area contributed by atoms with Crippen LogP contribution in [-0.4, -0.2) is 37.3 Å². The van der Waals surface area contributed by atoms with Gasteiger partial charge in [0.15, 0.2) is 5.65 Å². The van der Waals surface area contributed by atoms with Crippen LogP contribution in [0.25, 0.3) is 16.9 Å². The summed E-state index contributed by atoms with van der Waals surface area (Å²) >= 11 is 0.